The molecule has 3 aliphatic rings. The van der Waals surface area contributed by atoms with Gasteiger partial charge >= 0.3 is 24.7 Å². The van der Waals surface area contributed by atoms with Gasteiger partial charge in [-0.25, -0.2) is 0 Å². The molecular weight excluding hydrogens is 939 g/mol. The highest BCUT2D eigenvalue weighted by molar-refractivity contribution is 6.00. The lowest BCUT2D eigenvalue weighted by molar-refractivity contribution is -0.145. The Hall–Kier alpha value is -5.51. The Bertz CT molecular complexity index is 2400. The number of halogens is 12. The molecule has 0 aromatic heterocycles. The lowest BCUT2D eigenvalue weighted by Crippen LogP contribution is -2.60. The number of piperidine rings is 1. The van der Waals surface area contributed by atoms with E-state index in [1.54, 1.807) is 0 Å². The van der Waals surface area contributed by atoms with Crippen molar-refractivity contribution >= 4 is 18.2 Å². The average Bonchev–Trinajstić information content (AvgIpc) is 3.66. The molecule has 6 N–H and O–H groups in total. The predicted molar refractivity (Wildman–Crippen MR) is 229 cm³/mol. The van der Waals surface area contributed by atoms with E-state index in [-0.39, 0.29) is 61.8 Å². The molecule has 7 rings (SSSR count). The molecule has 69 heavy (non-hydrogen) atoms. The first-order chi connectivity index (χ1) is 32.0. The van der Waals surface area contributed by atoms with Crippen molar-refractivity contribution in [3.05, 3.63) is 142 Å². The molecule has 4 aromatic rings. The molecular formula is C48H49F12N5O4. The number of hydrogen-bond donors (Lipinski definition) is 4. The van der Waals surface area contributed by atoms with Gasteiger partial charge in [-0.1, -0.05) is 60.7 Å². The Labute approximate surface area is 389 Å². The second-order valence-electron chi connectivity index (χ2n) is 17.8. The summed E-state index contributed by atoms with van der Waals surface area (Å²) in [5.74, 6) is -0.850. The fraction of sp³-hybridized carbons (Fsp3) is 0.438. The van der Waals surface area contributed by atoms with E-state index in [0.29, 0.717) is 49.9 Å². The van der Waals surface area contributed by atoms with Crippen molar-refractivity contribution < 1.29 is 71.7 Å². The number of carbonyl (C=O) groups is 2. The van der Waals surface area contributed by atoms with Gasteiger partial charge in [-0.3, -0.25) is 14.6 Å². The molecule has 0 unspecified atom stereocenters. The van der Waals surface area contributed by atoms with E-state index in [1.807, 2.05) is 60.7 Å². The number of benzene rings is 4. The second-order valence-corrected chi connectivity index (χ2v) is 17.8. The Balaban J connectivity index is 0.000000227. The summed E-state index contributed by atoms with van der Waals surface area (Å²) in [4.78, 5) is 28.3. The van der Waals surface area contributed by atoms with Crippen LogP contribution in [0.3, 0.4) is 0 Å². The van der Waals surface area contributed by atoms with Crippen LogP contribution in [0.5, 0.6) is 0 Å². The van der Waals surface area contributed by atoms with Gasteiger partial charge in [0.1, 0.15) is 0 Å². The average molecular weight is 988 g/mol. The summed E-state index contributed by atoms with van der Waals surface area (Å²) in [6, 6.07) is 21.2. The van der Waals surface area contributed by atoms with Crippen LogP contribution in [0, 0.1) is 0 Å². The number of nitrogens with one attached hydrogen (secondary N) is 2. The number of carbonyl (C=O) groups excluding carboxylic acids is 2. The molecule has 21 heteroatoms. The summed E-state index contributed by atoms with van der Waals surface area (Å²) in [7, 11) is 0. The number of nitrogens with zero attached hydrogens (tertiary/aromatic N) is 1. The third-order valence-corrected chi connectivity index (χ3v) is 13.3. The maximum atomic E-state index is 13.3. The van der Waals surface area contributed by atoms with E-state index in [2.05, 4.69) is 15.6 Å². The minimum Gasteiger partial charge on any atom is -0.373 e. The van der Waals surface area contributed by atoms with Crippen molar-refractivity contribution in [2.45, 2.75) is 111 Å². The number of aliphatic imine (C=N–C) groups is 1. The number of alkyl halides is 12. The summed E-state index contributed by atoms with van der Waals surface area (Å²) in [5, 5.41) is 5.90. The highest BCUT2D eigenvalue weighted by atomic mass is 19.4. The number of amides is 2. The minimum absolute atomic E-state index is 0.0185. The van der Waals surface area contributed by atoms with Gasteiger partial charge in [0.2, 0.25) is 5.91 Å². The van der Waals surface area contributed by atoms with Gasteiger partial charge in [0.15, 0.2) is 5.54 Å². The van der Waals surface area contributed by atoms with Crippen LogP contribution < -0.4 is 22.1 Å². The third kappa shape index (κ3) is 12.1. The van der Waals surface area contributed by atoms with Crippen LogP contribution >= 0.6 is 0 Å². The van der Waals surface area contributed by atoms with Crippen molar-refractivity contribution in [2.24, 2.45) is 16.5 Å². The SMILES string of the molecule is C[C@@H](OCC1(c2ccccc2)CCC(N)(C(N)=O)CC1)c1cc(C(F)(F)F)cc(C(F)(F)F)c1.C[C@@H](OC[C@@]1(c2ccccc2)CC[C@@]2(CN1)N=CNC2=O)c1cc(C(F)(F)F)cc(C(F)(F)F)c1. The van der Waals surface area contributed by atoms with Gasteiger partial charge in [-0.15, -0.1) is 0 Å². The van der Waals surface area contributed by atoms with Crippen LogP contribution in [-0.4, -0.2) is 49.0 Å². The lowest BCUT2D eigenvalue weighted by Gasteiger charge is -2.44. The Morgan fingerprint density at radius 1 is 0.623 bits per heavy atom. The van der Waals surface area contributed by atoms with Gasteiger partial charge < -0.3 is 31.6 Å². The predicted octanol–water partition coefficient (Wildman–Crippen LogP) is 10.5. The summed E-state index contributed by atoms with van der Waals surface area (Å²) in [6.45, 7) is 2.99. The van der Waals surface area contributed by atoms with Gasteiger partial charge in [0.05, 0.1) is 65.1 Å². The quantitative estimate of drug-likeness (QED) is 0.110. The molecule has 0 radical (unpaired) electrons. The zero-order chi connectivity index (χ0) is 50.8. The molecule has 0 bridgehead atoms. The number of nitrogens with two attached hydrogens (primary N) is 2. The van der Waals surface area contributed by atoms with E-state index in [9.17, 15) is 62.3 Å². The molecule has 2 fully saturated rings. The molecule has 1 aliphatic carbocycles. The monoisotopic (exact) mass is 987 g/mol. The Kier molecular flexibility index (Phi) is 15.1. The van der Waals surface area contributed by atoms with Gasteiger partial charge in [-0.05, 0) is 111 Å². The van der Waals surface area contributed by atoms with E-state index in [1.165, 1.54) is 20.2 Å². The minimum atomic E-state index is -4.94. The number of primary amides is 1. The molecule has 374 valence electrons. The fourth-order valence-corrected chi connectivity index (χ4v) is 8.73. The second kappa shape index (κ2) is 19.7. The van der Waals surface area contributed by atoms with E-state index in [0.717, 1.165) is 11.1 Å². The summed E-state index contributed by atoms with van der Waals surface area (Å²) < 4.78 is 171. The molecule has 1 saturated heterocycles. The Morgan fingerprint density at radius 2 is 1.04 bits per heavy atom. The normalized spacial score (nSPS) is 25.1. The van der Waals surface area contributed by atoms with Crippen LogP contribution in [0.15, 0.2) is 102 Å². The molecule has 9 nitrogen and oxygen atoms in total. The zero-order valence-corrected chi connectivity index (χ0v) is 37.1. The number of hydrogen-bond acceptors (Lipinski definition) is 7. The first kappa shape index (κ1) is 52.9. The topological polar surface area (TPSA) is 141 Å². The molecule has 1 saturated carbocycles. The fourth-order valence-electron chi connectivity index (χ4n) is 8.73. The molecule has 2 amide bonds. The highest BCUT2D eigenvalue weighted by Gasteiger charge is 2.50. The summed E-state index contributed by atoms with van der Waals surface area (Å²) >= 11 is 0. The van der Waals surface area contributed by atoms with Crippen molar-refractivity contribution in [3.63, 3.8) is 0 Å². The van der Waals surface area contributed by atoms with E-state index >= 15 is 0 Å². The van der Waals surface area contributed by atoms with Crippen molar-refractivity contribution in [2.75, 3.05) is 19.8 Å². The van der Waals surface area contributed by atoms with Crippen LogP contribution in [0.4, 0.5) is 52.7 Å². The Morgan fingerprint density at radius 3 is 1.41 bits per heavy atom. The maximum Gasteiger partial charge on any atom is 0.416 e. The molecule has 4 aromatic carbocycles. The summed E-state index contributed by atoms with van der Waals surface area (Å²) in [6.07, 6.45) is -18.4. The molecule has 2 aliphatic heterocycles. The van der Waals surface area contributed by atoms with Crippen LogP contribution in [0.1, 0.15) is 109 Å². The van der Waals surface area contributed by atoms with Crippen LogP contribution in [0.2, 0.25) is 0 Å². The number of rotatable bonds is 11. The zero-order valence-electron chi connectivity index (χ0n) is 37.1. The molecule has 1 spiro atoms. The van der Waals surface area contributed by atoms with Crippen molar-refractivity contribution in [1.82, 2.24) is 10.6 Å². The first-order valence-corrected chi connectivity index (χ1v) is 21.6. The van der Waals surface area contributed by atoms with Gasteiger partial charge in [-0.2, -0.15) is 52.7 Å². The highest BCUT2D eigenvalue weighted by Crippen LogP contribution is 2.45. The van der Waals surface area contributed by atoms with E-state index in [4.69, 9.17) is 20.9 Å². The van der Waals surface area contributed by atoms with Crippen molar-refractivity contribution in [1.29, 1.82) is 0 Å². The largest absolute Gasteiger partial charge is 0.416 e. The van der Waals surface area contributed by atoms with Crippen molar-refractivity contribution in [3.8, 4) is 0 Å². The third-order valence-electron chi connectivity index (χ3n) is 13.3. The standard InChI is InChI=1S/C24H23F6N3O2.C24H26F6N2O2/c1-15(16-9-18(23(25,26)27)11-19(10-16)24(28,29)30)35-13-22(17-5-3-2-4-6-17)8-7-21(12-32-22)20(34)31-14-33-21;1-15(16-11-18(23(25,26)27)13-19(12-16)24(28,29)30)34-14-21(17-5-3-2-4-6-17)7-9-22(32,10-8-21)20(31)33/h2-6,9-11,14-15,32H,7-8,12-13H2,1H3,(H,31,33,34);2-6,11-13,15H,7-10,14,32H2,1H3,(H2,31,33)/t15-,21+,22-;15-,21?,22?/m11/s1. The van der Waals surface area contributed by atoms with Crippen LogP contribution in [0.25, 0.3) is 0 Å². The van der Waals surface area contributed by atoms with Gasteiger partial charge in [0, 0.05) is 12.0 Å². The number of ether oxygens (including phenoxy) is 2. The smallest absolute Gasteiger partial charge is 0.373 e. The van der Waals surface area contributed by atoms with Gasteiger partial charge in [0.25, 0.3) is 5.91 Å². The molecule has 4 atom stereocenters. The molecule has 2 heterocycles. The summed E-state index contributed by atoms with van der Waals surface area (Å²) in [5.41, 5.74) is 3.70. The van der Waals surface area contributed by atoms with Crippen LogP contribution in [-0.2, 0) is 54.7 Å². The maximum absolute atomic E-state index is 13.3. The lowest BCUT2D eigenvalue weighted by atomic mass is 9.64. The van der Waals surface area contributed by atoms with E-state index < -0.39 is 87.1 Å². The first-order valence-electron chi connectivity index (χ1n) is 21.6.